The van der Waals surface area contributed by atoms with E-state index in [-0.39, 0.29) is 18.3 Å². The number of esters is 1. The maximum Gasteiger partial charge on any atom is 0.337 e. The van der Waals surface area contributed by atoms with Gasteiger partial charge in [0.05, 0.1) is 29.7 Å². The molecule has 1 N–H and O–H groups in total. The molecule has 5 nitrogen and oxygen atoms in total. The van der Waals surface area contributed by atoms with Crippen LogP contribution in [0, 0.1) is 0 Å². The number of thiazole rings is 1. The lowest BCUT2D eigenvalue weighted by molar-refractivity contribution is -0.120. The van der Waals surface area contributed by atoms with Gasteiger partial charge in [-0.25, -0.2) is 9.78 Å². The molecular formula is C18H16N2O3S2. The Bertz CT molecular complexity index is 855. The molecule has 0 unspecified atom stereocenters. The van der Waals surface area contributed by atoms with E-state index >= 15 is 0 Å². The van der Waals surface area contributed by atoms with Crippen molar-refractivity contribution in [3.8, 4) is 9.88 Å². The maximum atomic E-state index is 12.1. The van der Waals surface area contributed by atoms with Crippen molar-refractivity contribution in [3.63, 3.8) is 0 Å². The van der Waals surface area contributed by atoms with Crippen LogP contribution in [0.5, 0.6) is 0 Å². The topological polar surface area (TPSA) is 68.3 Å². The van der Waals surface area contributed by atoms with Crippen LogP contribution >= 0.6 is 22.7 Å². The first-order valence-electron chi connectivity index (χ1n) is 7.58. The fraction of sp³-hybridized carbons (Fsp3) is 0.167. The zero-order valence-corrected chi connectivity index (χ0v) is 15.2. The highest BCUT2D eigenvalue weighted by Gasteiger charge is 2.10. The third kappa shape index (κ3) is 4.52. The molecule has 0 saturated heterocycles. The van der Waals surface area contributed by atoms with Gasteiger partial charge in [0.25, 0.3) is 0 Å². The van der Waals surface area contributed by atoms with Crippen molar-refractivity contribution < 1.29 is 14.3 Å². The van der Waals surface area contributed by atoms with Gasteiger partial charge < -0.3 is 10.1 Å². The normalized spacial score (nSPS) is 10.4. The van der Waals surface area contributed by atoms with Crippen molar-refractivity contribution in [2.75, 3.05) is 7.11 Å². The summed E-state index contributed by atoms with van der Waals surface area (Å²) in [4.78, 5) is 29.1. The van der Waals surface area contributed by atoms with Gasteiger partial charge in [0.15, 0.2) is 0 Å². The van der Waals surface area contributed by atoms with E-state index in [1.54, 1.807) is 46.9 Å². The summed E-state index contributed by atoms with van der Waals surface area (Å²) >= 11 is 3.18. The number of carbonyl (C=O) groups is 2. The molecule has 0 atom stereocenters. The Labute approximate surface area is 153 Å². The summed E-state index contributed by atoms with van der Waals surface area (Å²) in [6, 6.07) is 11.0. The number of aromatic nitrogens is 1. The van der Waals surface area contributed by atoms with E-state index in [0.717, 1.165) is 21.1 Å². The highest BCUT2D eigenvalue weighted by molar-refractivity contribution is 7.20. The number of nitrogens with zero attached hydrogens (tertiary/aromatic N) is 1. The van der Waals surface area contributed by atoms with Crippen LogP contribution in [0.25, 0.3) is 9.88 Å². The molecule has 0 saturated carbocycles. The van der Waals surface area contributed by atoms with E-state index in [4.69, 9.17) is 0 Å². The number of rotatable bonds is 6. The van der Waals surface area contributed by atoms with Crippen LogP contribution in [0.1, 0.15) is 21.6 Å². The van der Waals surface area contributed by atoms with E-state index in [1.165, 1.54) is 7.11 Å². The molecule has 2 aromatic heterocycles. The van der Waals surface area contributed by atoms with Gasteiger partial charge in [-0.15, -0.1) is 22.7 Å². The fourth-order valence-corrected chi connectivity index (χ4v) is 3.84. The first-order chi connectivity index (χ1) is 12.2. The Morgan fingerprint density at radius 1 is 1.16 bits per heavy atom. The van der Waals surface area contributed by atoms with Gasteiger partial charge in [-0.2, -0.15) is 0 Å². The first kappa shape index (κ1) is 17.3. The number of methoxy groups -OCH3 is 1. The van der Waals surface area contributed by atoms with Crippen LogP contribution < -0.4 is 5.32 Å². The summed E-state index contributed by atoms with van der Waals surface area (Å²) in [6.07, 6.45) is 0.252. The monoisotopic (exact) mass is 372 g/mol. The minimum Gasteiger partial charge on any atom is -0.465 e. The van der Waals surface area contributed by atoms with Crippen molar-refractivity contribution >= 4 is 34.6 Å². The molecule has 0 spiro atoms. The second kappa shape index (κ2) is 8.04. The van der Waals surface area contributed by atoms with Gasteiger partial charge in [0.2, 0.25) is 5.91 Å². The summed E-state index contributed by atoms with van der Waals surface area (Å²) in [5.74, 6) is -0.458. The van der Waals surface area contributed by atoms with Crippen LogP contribution in [-0.2, 0) is 22.5 Å². The zero-order chi connectivity index (χ0) is 17.6. The molecule has 25 heavy (non-hydrogen) atoms. The van der Waals surface area contributed by atoms with Crippen molar-refractivity contribution in [1.29, 1.82) is 0 Å². The fourth-order valence-electron chi connectivity index (χ4n) is 2.21. The van der Waals surface area contributed by atoms with Crippen molar-refractivity contribution in [2.45, 2.75) is 13.0 Å². The number of thiophene rings is 1. The second-order valence-corrected chi connectivity index (χ2v) is 7.07. The summed E-state index contributed by atoms with van der Waals surface area (Å²) < 4.78 is 4.66. The third-order valence-electron chi connectivity index (χ3n) is 3.49. The van der Waals surface area contributed by atoms with Crippen molar-refractivity contribution in [2.24, 2.45) is 0 Å². The Morgan fingerprint density at radius 3 is 2.64 bits per heavy atom. The lowest BCUT2D eigenvalue weighted by Gasteiger charge is -2.05. The molecule has 0 bridgehead atoms. The number of carbonyl (C=O) groups excluding carboxylic acids is 2. The molecule has 3 aromatic rings. The standard InChI is InChI=1S/C18H16N2O3S2/c1-23-18(22)13-6-4-12(5-7-13)10-19-16(21)9-14-11-25-17(20-14)15-3-2-8-24-15/h2-8,11H,9-10H2,1H3,(H,19,21). The molecule has 0 aliphatic carbocycles. The largest absolute Gasteiger partial charge is 0.465 e. The van der Waals surface area contributed by atoms with E-state index in [9.17, 15) is 9.59 Å². The molecule has 7 heteroatoms. The second-order valence-electron chi connectivity index (χ2n) is 5.26. The van der Waals surface area contributed by atoms with Crippen LogP contribution in [0.2, 0.25) is 0 Å². The minimum atomic E-state index is -0.374. The highest BCUT2D eigenvalue weighted by Crippen LogP contribution is 2.27. The van der Waals surface area contributed by atoms with Crippen molar-refractivity contribution in [3.05, 3.63) is 64.0 Å². The average Bonchev–Trinajstić information content (AvgIpc) is 3.31. The van der Waals surface area contributed by atoms with E-state index in [1.807, 2.05) is 22.9 Å². The summed E-state index contributed by atoms with van der Waals surface area (Å²) in [6.45, 7) is 0.405. The molecule has 0 aliphatic heterocycles. The molecule has 1 aromatic carbocycles. The van der Waals surface area contributed by atoms with Crippen LogP contribution in [-0.4, -0.2) is 24.0 Å². The third-order valence-corrected chi connectivity index (χ3v) is 5.42. The maximum absolute atomic E-state index is 12.1. The van der Waals surface area contributed by atoms with Crippen LogP contribution in [0.15, 0.2) is 47.2 Å². The van der Waals surface area contributed by atoms with Gasteiger partial charge in [0.1, 0.15) is 5.01 Å². The number of nitrogens with one attached hydrogen (secondary N) is 1. The van der Waals surface area contributed by atoms with Crippen LogP contribution in [0.3, 0.4) is 0 Å². The predicted octanol–water partition coefficient (Wildman–Crippen LogP) is 3.52. The van der Waals surface area contributed by atoms with E-state index in [2.05, 4.69) is 15.0 Å². The number of hydrogen-bond donors (Lipinski definition) is 1. The predicted molar refractivity (Wildman–Crippen MR) is 98.8 cm³/mol. The Hall–Kier alpha value is -2.51. The quantitative estimate of drug-likeness (QED) is 0.672. The molecule has 0 radical (unpaired) electrons. The summed E-state index contributed by atoms with van der Waals surface area (Å²) in [7, 11) is 1.35. The number of amides is 1. The van der Waals surface area contributed by atoms with Crippen LogP contribution in [0.4, 0.5) is 0 Å². The van der Waals surface area contributed by atoms with Gasteiger partial charge in [-0.05, 0) is 29.1 Å². The number of ether oxygens (including phenoxy) is 1. The smallest absolute Gasteiger partial charge is 0.337 e. The Morgan fingerprint density at radius 2 is 1.96 bits per heavy atom. The minimum absolute atomic E-state index is 0.0833. The summed E-state index contributed by atoms with van der Waals surface area (Å²) in [5, 5.41) is 7.73. The lowest BCUT2D eigenvalue weighted by atomic mass is 10.1. The summed E-state index contributed by atoms with van der Waals surface area (Å²) in [5.41, 5.74) is 2.17. The molecule has 128 valence electrons. The van der Waals surface area contributed by atoms with Crippen molar-refractivity contribution in [1.82, 2.24) is 10.3 Å². The van der Waals surface area contributed by atoms with Gasteiger partial charge in [-0.1, -0.05) is 18.2 Å². The SMILES string of the molecule is COC(=O)c1ccc(CNC(=O)Cc2csc(-c3cccs3)n2)cc1. The van der Waals surface area contributed by atoms with E-state index < -0.39 is 0 Å². The van der Waals surface area contributed by atoms with E-state index in [0.29, 0.717) is 12.1 Å². The van der Waals surface area contributed by atoms with Gasteiger partial charge in [0, 0.05) is 11.9 Å². The lowest BCUT2D eigenvalue weighted by Crippen LogP contribution is -2.24. The molecule has 2 heterocycles. The number of hydrogen-bond acceptors (Lipinski definition) is 6. The molecule has 0 aliphatic rings. The first-order valence-corrected chi connectivity index (χ1v) is 9.34. The Kier molecular flexibility index (Phi) is 5.57. The van der Waals surface area contributed by atoms with Gasteiger partial charge >= 0.3 is 5.97 Å². The Balaban J connectivity index is 1.52. The molecule has 0 fully saturated rings. The zero-order valence-electron chi connectivity index (χ0n) is 13.5. The average molecular weight is 372 g/mol. The van der Waals surface area contributed by atoms with Gasteiger partial charge in [-0.3, -0.25) is 4.79 Å². The number of benzene rings is 1. The molecular weight excluding hydrogens is 356 g/mol. The molecule has 1 amide bonds. The highest BCUT2D eigenvalue weighted by atomic mass is 32.1. The molecule has 3 rings (SSSR count).